The molecule has 196 valence electrons. The number of rotatable bonds is 11. The van der Waals surface area contributed by atoms with Gasteiger partial charge in [0.1, 0.15) is 11.5 Å². The Morgan fingerprint density at radius 3 is 2.25 bits per heavy atom. The summed E-state index contributed by atoms with van der Waals surface area (Å²) in [5, 5.41) is 14.6. The van der Waals surface area contributed by atoms with Crippen molar-refractivity contribution in [2.75, 3.05) is 38.8 Å². The average Bonchev–Trinajstić information content (AvgIpc) is 2.91. The van der Waals surface area contributed by atoms with E-state index >= 15 is 0 Å². The first kappa shape index (κ1) is 27.2. The molecule has 0 radical (unpaired) electrons. The molecule has 2 aromatic carbocycles. The highest BCUT2D eigenvalue weighted by Gasteiger charge is 2.52. The third-order valence-corrected chi connectivity index (χ3v) is 8.45. The first-order valence-electron chi connectivity index (χ1n) is 11.5. The maximum absolute atomic E-state index is 13.2. The van der Waals surface area contributed by atoms with Crippen LogP contribution in [-0.4, -0.2) is 63.8 Å². The van der Waals surface area contributed by atoms with E-state index in [0.717, 1.165) is 0 Å². The lowest BCUT2D eigenvalue weighted by Gasteiger charge is -2.34. The Labute approximate surface area is 210 Å². The van der Waals surface area contributed by atoms with Crippen LogP contribution in [0.5, 0.6) is 11.5 Å². The van der Waals surface area contributed by atoms with E-state index in [1.54, 1.807) is 31.4 Å². The molecule has 4 N–H and O–H groups in total. The molecule has 1 aliphatic rings. The number of benzene rings is 2. The zero-order valence-electron chi connectivity index (χ0n) is 20.0. The van der Waals surface area contributed by atoms with Crippen molar-refractivity contribution in [2.24, 2.45) is 0 Å². The molecule has 0 aliphatic carbocycles. The fraction of sp³-hybridized carbons (Fsp3) is 0.417. The Balaban J connectivity index is 1.43. The summed E-state index contributed by atoms with van der Waals surface area (Å²) in [6.45, 7) is 1.04. The number of carbonyl (C=O) groups excluding carboxylic acids is 2. The second-order valence-electron chi connectivity index (χ2n) is 8.19. The van der Waals surface area contributed by atoms with Gasteiger partial charge >= 0.3 is 6.03 Å². The Kier molecular flexibility index (Phi) is 9.51. The normalized spacial score (nSPS) is 14.9. The fourth-order valence-electron chi connectivity index (χ4n) is 3.83. The molecular formula is C24H31N3O8S. The molecule has 0 atom stereocenters. The van der Waals surface area contributed by atoms with Crippen molar-refractivity contribution < 1.29 is 37.4 Å². The predicted octanol–water partition coefficient (Wildman–Crippen LogP) is 2.50. The molecule has 1 saturated heterocycles. The smallest absolute Gasteiger partial charge is 0.319 e. The van der Waals surface area contributed by atoms with Gasteiger partial charge < -0.3 is 24.8 Å². The number of urea groups is 1. The quantitative estimate of drug-likeness (QED) is 0.200. The topological polar surface area (TPSA) is 152 Å². The van der Waals surface area contributed by atoms with Crippen LogP contribution in [0.2, 0.25) is 0 Å². The number of hydroxylamine groups is 1. The van der Waals surface area contributed by atoms with Gasteiger partial charge in [-0.1, -0.05) is 0 Å². The highest BCUT2D eigenvalue weighted by atomic mass is 32.2. The van der Waals surface area contributed by atoms with Gasteiger partial charge in [0.25, 0.3) is 5.91 Å². The second-order valence-corrected chi connectivity index (χ2v) is 10.4. The van der Waals surface area contributed by atoms with Gasteiger partial charge in [0, 0.05) is 25.4 Å². The first-order valence-corrected chi connectivity index (χ1v) is 13.0. The van der Waals surface area contributed by atoms with Gasteiger partial charge in [-0.25, -0.2) is 18.7 Å². The van der Waals surface area contributed by atoms with Crippen molar-refractivity contribution in [3.8, 4) is 11.5 Å². The number of hydrogen-bond acceptors (Lipinski definition) is 8. The largest absolute Gasteiger partial charge is 0.497 e. The number of amides is 3. The summed E-state index contributed by atoms with van der Waals surface area (Å²) in [6, 6.07) is 12.5. The molecule has 11 nitrogen and oxygen atoms in total. The minimum Gasteiger partial charge on any atom is -0.497 e. The highest BCUT2D eigenvalue weighted by molar-refractivity contribution is 7.93. The van der Waals surface area contributed by atoms with Gasteiger partial charge in [0.15, 0.2) is 14.6 Å². The maximum Gasteiger partial charge on any atom is 0.319 e. The molecule has 3 rings (SSSR count). The molecule has 0 bridgehead atoms. The molecule has 0 unspecified atom stereocenters. The van der Waals surface area contributed by atoms with E-state index in [9.17, 15) is 18.0 Å². The second kappa shape index (κ2) is 12.6. The minimum absolute atomic E-state index is 0.0348. The molecule has 0 saturated carbocycles. The fourth-order valence-corrected chi connectivity index (χ4v) is 5.77. The number of unbranched alkanes of at least 4 members (excludes halogenated alkanes) is 1. The maximum atomic E-state index is 13.2. The lowest BCUT2D eigenvalue weighted by atomic mass is 9.98. The number of methoxy groups -OCH3 is 1. The van der Waals surface area contributed by atoms with Crippen LogP contribution in [0.25, 0.3) is 0 Å². The SMILES string of the molecule is COc1ccc(NC(=O)NCCCCOc2ccc(S(=O)(=O)C3(C(=O)NO)CCOCC3)cc2)cc1. The van der Waals surface area contributed by atoms with Crippen molar-refractivity contribution in [3.63, 3.8) is 0 Å². The molecule has 0 aromatic heterocycles. The molecule has 2 aromatic rings. The van der Waals surface area contributed by atoms with Crippen molar-refractivity contribution in [2.45, 2.75) is 35.3 Å². The molecule has 1 aliphatic heterocycles. The van der Waals surface area contributed by atoms with Crippen LogP contribution in [-0.2, 0) is 19.4 Å². The van der Waals surface area contributed by atoms with Gasteiger partial charge in [-0.2, -0.15) is 0 Å². The van der Waals surface area contributed by atoms with Crippen LogP contribution < -0.4 is 25.6 Å². The predicted molar refractivity (Wildman–Crippen MR) is 131 cm³/mol. The summed E-state index contributed by atoms with van der Waals surface area (Å²) in [4.78, 5) is 24.2. The molecular weight excluding hydrogens is 490 g/mol. The Morgan fingerprint density at radius 1 is 1.00 bits per heavy atom. The van der Waals surface area contributed by atoms with E-state index in [-0.39, 0.29) is 37.0 Å². The number of ether oxygens (including phenoxy) is 3. The molecule has 36 heavy (non-hydrogen) atoms. The van der Waals surface area contributed by atoms with Crippen LogP contribution in [0.4, 0.5) is 10.5 Å². The summed E-state index contributed by atoms with van der Waals surface area (Å²) >= 11 is 0. The summed E-state index contributed by atoms with van der Waals surface area (Å²) in [6.07, 6.45) is 1.25. The van der Waals surface area contributed by atoms with E-state index in [2.05, 4.69) is 10.6 Å². The van der Waals surface area contributed by atoms with E-state index in [0.29, 0.717) is 43.2 Å². The van der Waals surface area contributed by atoms with Crippen LogP contribution in [0, 0.1) is 0 Å². The standard InChI is InChI=1S/C24H31N3O8S/c1-33-19-6-4-18(5-7-19)26-23(29)25-14-2-3-15-35-20-8-10-21(11-9-20)36(31,32)24(22(28)27-30)12-16-34-17-13-24/h4-11,30H,2-3,12-17H2,1H3,(H,27,28)(H2,25,26,29). The number of carbonyl (C=O) groups is 2. The van der Waals surface area contributed by atoms with Crippen LogP contribution in [0.15, 0.2) is 53.4 Å². The zero-order chi connectivity index (χ0) is 26.0. The Hall–Kier alpha value is -3.35. The molecule has 1 fully saturated rings. The van der Waals surface area contributed by atoms with Crippen molar-refractivity contribution in [1.82, 2.24) is 10.8 Å². The van der Waals surface area contributed by atoms with Crippen LogP contribution >= 0.6 is 0 Å². The molecule has 1 heterocycles. The van der Waals surface area contributed by atoms with E-state index in [1.165, 1.54) is 29.7 Å². The lowest BCUT2D eigenvalue weighted by molar-refractivity contribution is -0.134. The van der Waals surface area contributed by atoms with Crippen molar-refractivity contribution in [3.05, 3.63) is 48.5 Å². The minimum atomic E-state index is -4.08. The van der Waals surface area contributed by atoms with Crippen LogP contribution in [0.1, 0.15) is 25.7 Å². The summed E-state index contributed by atoms with van der Waals surface area (Å²) in [7, 11) is -2.51. The summed E-state index contributed by atoms with van der Waals surface area (Å²) < 4.78 is 40.6. The van der Waals surface area contributed by atoms with E-state index in [1.807, 2.05) is 0 Å². The van der Waals surface area contributed by atoms with E-state index in [4.69, 9.17) is 19.4 Å². The first-order chi connectivity index (χ1) is 17.3. The number of nitrogens with one attached hydrogen (secondary N) is 3. The van der Waals surface area contributed by atoms with Gasteiger partial charge in [0.05, 0.1) is 18.6 Å². The average molecular weight is 522 g/mol. The number of sulfone groups is 1. The highest BCUT2D eigenvalue weighted by Crippen LogP contribution is 2.35. The van der Waals surface area contributed by atoms with Gasteiger partial charge in [-0.15, -0.1) is 0 Å². The Bertz CT molecular complexity index is 1120. The molecule has 3 amide bonds. The third-order valence-electron chi connectivity index (χ3n) is 5.94. The summed E-state index contributed by atoms with van der Waals surface area (Å²) in [5.41, 5.74) is 2.15. The number of anilines is 1. The van der Waals surface area contributed by atoms with Gasteiger partial charge in [-0.05, 0) is 74.2 Å². The molecule has 0 spiro atoms. The van der Waals surface area contributed by atoms with E-state index < -0.39 is 20.5 Å². The zero-order valence-corrected chi connectivity index (χ0v) is 20.8. The third kappa shape index (κ3) is 6.45. The van der Waals surface area contributed by atoms with Crippen molar-refractivity contribution in [1.29, 1.82) is 0 Å². The van der Waals surface area contributed by atoms with Crippen molar-refractivity contribution >= 4 is 27.5 Å². The monoisotopic (exact) mass is 521 g/mol. The molecule has 12 heteroatoms. The van der Waals surface area contributed by atoms with Gasteiger partial charge in [0.2, 0.25) is 0 Å². The summed E-state index contributed by atoms with van der Waals surface area (Å²) in [5.74, 6) is 0.221. The Morgan fingerprint density at radius 2 is 1.64 bits per heavy atom. The number of hydrogen-bond donors (Lipinski definition) is 4. The van der Waals surface area contributed by atoms with Gasteiger partial charge in [-0.3, -0.25) is 10.0 Å². The lowest BCUT2D eigenvalue weighted by Crippen LogP contribution is -2.54. The van der Waals surface area contributed by atoms with Crippen LogP contribution in [0.3, 0.4) is 0 Å².